The van der Waals surface area contributed by atoms with E-state index in [1.54, 1.807) is 4.90 Å². The van der Waals surface area contributed by atoms with Crippen LogP contribution in [0, 0.1) is 19.8 Å². The lowest BCUT2D eigenvalue weighted by molar-refractivity contribution is -0.129. The number of aryl methyl sites for hydroxylation is 1. The van der Waals surface area contributed by atoms with Gasteiger partial charge in [0.1, 0.15) is 0 Å². The molecular formula is C18H24N2O3. The van der Waals surface area contributed by atoms with Gasteiger partial charge in [-0.15, -0.1) is 0 Å². The molecule has 0 bridgehead atoms. The summed E-state index contributed by atoms with van der Waals surface area (Å²) in [5.41, 5.74) is 3.05. The number of anilines is 1. The van der Waals surface area contributed by atoms with Gasteiger partial charge in [-0.1, -0.05) is 12.1 Å². The zero-order chi connectivity index (χ0) is 16.4. The molecular weight excluding hydrogens is 292 g/mol. The van der Waals surface area contributed by atoms with Crippen molar-refractivity contribution >= 4 is 17.5 Å². The molecule has 1 N–H and O–H groups in total. The summed E-state index contributed by atoms with van der Waals surface area (Å²) in [6.07, 6.45) is 2.50. The summed E-state index contributed by atoms with van der Waals surface area (Å²) in [4.78, 5) is 26.4. The number of nitrogens with one attached hydrogen (secondary N) is 1. The van der Waals surface area contributed by atoms with E-state index in [4.69, 9.17) is 4.74 Å². The molecule has 1 aromatic rings. The van der Waals surface area contributed by atoms with E-state index in [0.717, 1.165) is 36.3 Å². The van der Waals surface area contributed by atoms with E-state index in [1.165, 1.54) is 0 Å². The SMILES string of the molecule is Cc1cccc(NC(=O)C2CC(=O)N(CC3CCCO3)C2)c1C. The predicted octanol–water partition coefficient (Wildman–Crippen LogP) is 2.27. The molecule has 2 fully saturated rings. The minimum Gasteiger partial charge on any atom is -0.376 e. The van der Waals surface area contributed by atoms with Gasteiger partial charge in [0, 0.05) is 31.8 Å². The number of amides is 2. The van der Waals surface area contributed by atoms with E-state index in [-0.39, 0.29) is 23.8 Å². The lowest BCUT2D eigenvalue weighted by atomic mass is 10.1. The van der Waals surface area contributed by atoms with Crippen LogP contribution in [0.4, 0.5) is 5.69 Å². The fourth-order valence-corrected chi connectivity index (χ4v) is 3.28. The molecule has 0 saturated carbocycles. The summed E-state index contributed by atoms with van der Waals surface area (Å²) in [6, 6.07) is 5.86. The standard InChI is InChI=1S/C18H24N2O3/c1-12-5-3-7-16(13(12)2)19-18(22)14-9-17(21)20(10-14)11-15-6-4-8-23-15/h3,5,7,14-15H,4,6,8-11H2,1-2H3,(H,19,22). The second kappa shape index (κ2) is 6.71. The first-order valence-corrected chi connectivity index (χ1v) is 8.31. The van der Waals surface area contributed by atoms with Gasteiger partial charge in [-0.2, -0.15) is 0 Å². The number of carbonyl (C=O) groups excluding carboxylic acids is 2. The van der Waals surface area contributed by atoms with Crippen LogP contribution in [0.25, 0.3) is 0 Å². The molecule has 2 amide bonds. The minimum absolute atomic E-state index is 0.0571. The topological polar surface area (TPSA) is 58.6 Å². The molecule has 2 unspecified atom stereocenters. The summed E-state index contributed by atoms with van der Waals surface area (Å²) >= 11 is 0. The van der Waals surface area contributed by atoms with Crippen LogP contribution in [0.5, 0.6) is 0 Å². The molecule has 2 heterocycles. The lowest BCUT2D eigenvalue weighted by Gasteiger charge is -2.20. The Labute approximate surface area is 137 Å². The van der Waals surface area contributed by atoms with Crippen molar-refractivity contribution in [1.29, 1.82) is 0 Å². The van der Waals surface area contributed by atoms with Crippen molar-refractivity contribution in [3.8, 4) is 0 Å². The number of likely N-dealkylation sites (tertiary alicyclic amines) is 1. The highest BCUT2D eigenvalue weighted by Crippen LogP contribution is 2.24. The molecule has 0 radical (unpaired) electrons. The van der Waals surface area contributed by atoms with Gasteiger partial charge in [0.25, 0.3) is 0 Å². The Kier molecular flexibility index (Phi) is 4.66. The Balaban J connectivity index is 1.60. The molecule has 0 aromatic heterocycles. The normalized spacial score (nSPS) is 24.3. The van der Waals surface area contributed by atoms with Crippen molar-refractivity contribution in [2.75, 3.05) is 25.0 Å². The average Bonchev–Trinajstić information content (AvgIpc) is 3.15. The van der Waals surface area contributed by atoms with Gasteiger partial charge in [0.05, 0.1) is 12.0 Å². The highest BCUT2D eigenvalue weighted by Gasteiger charge is 2.36. The summed E-state index contributed by atoms with van der Waals surface area (Å²) in [6.45, 7) is 5.91. The van der Waals surface area contributed by atoms with E-state index in [9.17, 15) is 9.59 Å². The molecule has 124 valence electrons. The Morgan fingerprint density at radius 3 is 2.96 bits per heavy atom. The first kappa shape index (κ1) is 16.0. The maximum Gasteiger partial charge on any atom is 0.229 e. The largest absolute Gasteiger partial charge is 0.376 e. The predicted molar refractivity (Wildman–Crippen MR) is 88.2 cm³/mol. The smallest absolute Gasteiger partial charge is 0.229 e. The summed E-state index contributed by atoms with van der Waals surface area (Å²) in [5, 5.41) is 2.98. The number of hydrogen-bond acceptors (Lipinski definition) is 3. The van der Waals surface area contributed by atoms with Gasteiger partial charge < -0.3 is 15.0 Å². The number of benzene rings is 1. The number of ether oxygens (including phenoxy) is 1. The van der Waals surface area contributed by atoms with Crippen LogP contribution in [-0.2, 0) is 14.3 Å². The maximum atomic E-state index is 12.5. The Morgan fingerprint density at radius 1 is 1.39 bits per heavy atom. The van der Waals surface area contributed by atoms with Crippen LogP contribution < -0.4 is 5.32 Å². The summed E-state index contributed by atoms with van der Waals surface area (Å²) in [7, 11) is 0. The molecule has 0 spiro atoms. The number of hydrogen-bond donors (Lipinski definition) is 1. The molecule has 2 saturated heterocycles. The second-order valence-corrected chi connectivity index (χ2v) is 6.57. The van der Waals surface area contributed by atoms with Crippen LogP contribution in [0.1, 0.15) is 30.4 Å². The van der Waals surface area contributed by atoms with E-state index < -0.39 is 0 Å². The van der Waals surface area contributed by atoms with Gasteiger partial charge in [0.15, 0.2) is 0 Å². The van der Waals surface area contributed by atoms with Gasteiger partial charge >= 0.3 is 0 Å². The van der Waals surface area contributed by atoms with Crippen LogP contribution in [0.2, 0.25) is 0 Å². The Bertz CT molecular complexity index is 608. The fraction of sp³-hybridized carbons (Fsp3) is 0.556. The molecule has 23 heavy (non-hydrogen) atoms. The molecule has 0 aliphatic carbocycles. The second-order valence-electron chi connectivity index (χ2n) is 6.57. The molecule has 2 atom stereocenters. The van der Waals surface area contributed by atoms with Crippen molar-refractivity contribution in [2.45, 2.75) is 39.2 Å². The third-order valence-electron chi connectivity index (χ3n) is 4.90. The number of carbonyl (C=O) groups is 2. The third-order valence-corrected chi connectivity index (χ3v) is 4.90. The van der Waals surface area contributed by atoms with Gasteiger partial charge in [-0.25, -0.2) is 0 Å². The monoisotopic (exact) mass is 316 g/mol. The quantitative estimate of drug-likeness (QED) is 0.927. The van der Waals surface area contributed by atoms with Crippen LogP contribution in [-0.4, -0.2) is 42.5 Å². The Hall–Kier alpha value is -1.88. The maximum absolute atomic E-state index is 12.5. The highest BCUT2D eigenvalue weighted by molar-refractivity contribution is 5.97. The first-order chi connectivity index (χ1) is 11.0. The van der Waals surface area contributed by atoms with Crippen LogP contribution >= 0.6 is 0 Å². The zero-order valence-electron chi connectivity index (χ0n) is 13.8. The van der Waals surface area contributed by atoms with Crippen molar-refractivity contribution < 1.29 is 14.3 Å². The van der Waals surface area contributed by atoms with Crippen molar-refractivity contribution in [3.63, 3.8) is 0 Å². The summed E-state index contributed by atoms with van der Waals surface area (Å²) < 4.78 is 5.59. The number of nitrogens with zero attached hydrogens (tertiary/aromatic N) is 1. The number of rotatable bonds is 4. The molecule has 2 aliphatic heterocycles. The average molecular weight is 316 g/mol. The van der Waals surface area contributed by atoms with Crippen LogP contribution in [0.3, 0.4) is 0 Å². The zero-order valence-corrected chi connectivity index (χ0v) is 13.8. The highest BCUT2D eigenvalue weighted by atomic mass is 16.5. The molecule has 5 heteroatoms. The van der Waals surface area contributed by atoms with Gasteiger partial charge in [-0.3, -0.25) is 9.59 Å². The van der Waals surface area contributed by atoms with Gasteiger partial charge in [-0.05, 0) is 43.9 Å². The Morgan fingerprint density at radius 2 is 2.22 bits per heavy atom. The minimum atomic E-state index is -0.274. The van der Waals surface area contributed by atoms with E-state index in [1.807, 2.05) is 32.0 Å². The molecule has 2 aliphatic rings. The fourth-order valence-electron chi connectivity index (χ4n) is 3.28. The van der Waals surface area contributed by atoms with Crippen molar-refractivity contribution in [3.05, 3.63) is 29.3 Å². The van der Waals surface area contributed by atoms with E-state index in [0.29, 0.717) is 19.5 Å². The first-order valence-electron chi connectivity index (χ1n) is 8.31. The van der Waals surface area contributed by atoms with E-state index in [2.05, 4.69) is 5.32 Å². The molecule has 5 nitrogen and oxygen atoms in total. The van der Waals surface area contributed by atoms with Gasteiger partial charge in [0.2, 0.25) is 11.8 Å². The third kappa shape index (κ3) is 3.55. The molecule has 3 rings (SSSR count). The van der Waals surface area contributed by atoms with Crippen molar-refractivity contribution in [2.24, 2.45) is 5.92 Å². The van der Waals surface area contributed by atoms with Crippen LogP contribution in [0.15, 0.2) is 18.2 Å². The van der Waals surface area contributed by atoms with Crippen molar-refractivity contribution in [1.82, 2.24) is 4.90 Å². The summed E-state index contributed by atoms with van der Waals surface area (Å²) in [5.74, 6) is -0.285. The lowest BCUT2D eigenvalue weighted by Crippen LogP contribution is -2.34. The molecule has 1 aromatic carbocycles. The van der Waals surface area contributed by atoms with E-state index >= 15 is 0 Å².